The van der Waals surface area contributed by atoms with Gasteiger partial charge in [0, 0.05) is 0 Å². The largest absolute Gasteiger partial charge is 0.508 e. The van der Waals surface area contributed by atoms with Gasteiger partial charge in [-0.05, 0) is 145 Å². The highest BCUT2D eigenvalue weighted by Gasteiger charge is 2.10. The average Bonchev–Trinajstić information content (AvgIpc) is 3.08. The van der Waals surface area contributed by atoms with Crippen molar-refractivity contribution >= 4 is 0 Å². The summed E-state index contributed by atoms with van der Waals surface area (Å²) in [6.45, 7) is 0. The molecule has 0 fully saturated rings. The quantitative estimate of drug-likeness (QED) is 0.101. The molecule has 6 rings (SSSR count). The fourth-order valence-electron chi connectivity index (χ4n) is 5.68. The van der Waals surface area contributed by atoms with Crippen molar-refractivity contribution in [3.05, 3.63) is 167 Å². The van der Waals surface area contributed by atoms with E-state index in [2.05, 4.69) is 0 Å². The van der Waals surface area contributed by atoms with Gasteiger partial charge in [-0.15, -0.1) is 0 Å². The van der Waals surface area contributed by atoms with Gasteiger partial charge in [-0.1, -0.05) is 60.7 Å². The maximum absolute atomic E-state index is 10.7. The first kappa shape index (κ1) is 32.1. The van der Waals surface area contributed by atoms with E-state index in [1.807, 2.05) is 84.9 Å². The molecule has 6 aromatic rings. The molecule has 0 heterocycles. The predicted molar refractivity (Wildman–Crippen MR) is 188 cm³/mol. The van der Waals surface area contributed by atoms with Crippen LogP contribution in [0.2, 0.25) is 0 Å². The monoisotopic (exact) mass is 638 g/mol. The lowest BCUT2D eigenvalue weighted by molar-refractivity contribution is 0.410. The van der Waals surface area contributed by atoms with Gasteiger partial charge < -0.3 is 29.9 Å². The van der Waals surface area contributed by atoms with E-state index in [9.17, 15) is 20.4 Å². The Morgan fingerprint density at radius 3 is 1.02 bits per heavy atom. The van der Waals surface area contributed by atoms with E-state index in [1.54, 1.807) is 48.5 Å². The number of phenols is 4. The highest BCUT2D eigenvalue weighted by atomic mass is 16.5. The van der Waals surface area contributed by atoms with Crippen LogP contribution in [-0.2, 0) is 38.5 Å². The normalized spacial score (nSPS) is 10.9. The number of aryl methyl sites for hydroxylation is 6. The number of benzene rings is 6. The van der Waals surface area contributed by atoms with E-state index in [4.69, 9.17) is 9.47 Å². The molecular weight excluding hydrogens is 600 g/mol. The number of rotatable bonds is 13. The highest BCUT2D eigenvalue weighted by Crippen LogP contribution is 2.34. The van der Waals surface area contributed by atoms with E-state index in [-0.39, 0.29) is 23.0 Å². The van der Waals surface area contributed by atoms with Gasteiger partial charge in [0.15, 0.2) is 23.0 Å². The standard InChI is InChI=1S/C42H38O6/c43-35-9-1-5-29(23-35)13-15-31-7-3-11-37(25-31)47-41-21-19-33(27-39(41)45)17-18-34-20-22-42(40(46)28-34)48-38-12-4-8-32(26-38)16-14-30-6-2-10-36(44)24-30/h1-12,19-28,43-46H,13-18H2. The summed E-state index contributed by atoms with van der Waals surface area (Å²) in [4.78, 5) is 0. The molecular formula is C42H38O6. The zero-order valence-corrected chi connectivity index (χ0v) is 26.5. The molecule has 0 aromatic heterocycles. The van der Waals surface area contributed by atoms with Crippen LogP contribution in [0.15, 0.2) is 133 Å². The van der Waals surface area contributed by atoms with Crippen LogP contribution in [0.5, 0.6) is 46.0 Å². The molecule has 0 atom stereocenters. The Bertz CT molecular complexity index is 1850. The smallest absolute Gasteiger partial charge is 0.169 e. The van der Waals surface area contributed by atoms with E-state index in [0.717, 1.165) is 59.1 Å². The van der Waals surface area contributed by atoms with Gasteiger partial charge in [-0.3, -0.25) is 0 Å². The Kier molecular flexibility index (Phi) is 10.1. The minimum atomic E-state index is 0.0633. The number of phenolic OH excluding ortho intramolecular Hbond substituents is 4. The molecule has 0 aliphatic heterocycles. The molecule has 0 radical (unpaired) electrons. The Morgan fingerprint density at radius 2 is 0.667 bits per heavy atom. The van der Waals surface area contributed by atoms with Crippen molar-refractivity contribution in [1.29, 1.82) is 0 Å². The summed E-state index contributed by atoms with van der Waals surface area (Å²) < 4.78 is 12.0. The molecule has 4 N–H and O–H groups in total. The topological polar surface area (TPSA) is 99.4 Å². The molecule has 0 aliphatic carbocycles. The minimum absolute atomic E-state index is 0.0633. The van der Waals surface area contributed by atoms with E-state index >= 15 is 0 Å². The van der Waals surface area contributed by atoms with Gasteiger partial charge in [0.2, 0.25) is 0 Å². The molecule has 0 spiro atoms. The third-order valence-corrected chi connectivity index (χ3v) is 8.23. The zero-order chi connectivity index (χ0) is 33.3. The number of ether oxygens (including phenoxy) is 2. The molecule has 0 saturated heterocycles. The molecule has 6 aromatic carbocycles. The van der Waals surface area contributed by atoms with Crippen molar-refractivity contribution < 1.29 is 29.9 Å². The van der Waals surface area contributed by atoms with Crippen molar-refractivity contribution in [2.45, 2.75) is 38.5 Å². The lowest BCUT2D eigenvalue weighted by Crippen LogP contribution is -1.95. The molecule has 0 saturated carbocycles. The summed E-state index contributed by atoms with van der Waals surface area (Å²) in [6.07, 6.45) is 4.51. The molecule has 0 bridgehead atoms. The van der Waals surface area contributed by atoms with Crippen molar-refractivity contribution in [3.63, 3.8) is 0 Å². The number of hydrogen-bond acceptors (Lipinski definition) is 6. The van der Waals surface area contributed by atoms with Gasteiger partial charge in [-0.2, -0.15) is 0 Å². The molecule has 242 valence electrons. The van der Waals surface area contributed by atoms with Gasteiger partial charge in [0.1, 0.15) is 23.0 Å². The second-order valence-electron chi connectivity index (χ2n) is 11.9. The second-order valence-corrected chi connectivity index (χ2v) is 11.9. The molecule has 0 unspecified atom stereocenters. The maximum atomic E-state index is 10.7. The maximum Gasteiger partial charge on any atom is 0.169 e. The molecule has 0 aliphatic rings. The van der Waals surface area contributed by atoms with Gasteiger partial charge >= 0.3 is 0 Å². The third-order valence-electron chi connectivity index (χ3n) is 8.23. The van der Waals surface area contributed by atoms with E-state index in [1.165, 1.54) is 0 Å². The van der Waals surface area contributed by atoms with Crippen LogP contribution >= 0.6 is 0 Å². The number of aromatic hydroxyl groups is 4. The van der Waals surface area contributed by atoms with Crippen molar-refractivity contribution in [2.75, 3.05) is 0 Å². The fraction of sp³-hybridized carbons (Fsp3) is 0.143. The zero-order valence-electron chi connectivity index (χ0n) is 26.5. The lowest BCUT2D eigenvalue weighted by atomic mass is 10.0. The summed E-state index contributed by atoms with van der Waals surface area (Å²) in [5, 5.41) is 40.9. The summed E-state index contributed by atoms with van der Waals surface area (Å²) in [5.41, 5.74) is 6.22. The first-order valence-corrected chi connectivity index (χ1v) is 16.1. The molecule has 48 heavy (non-hydrogen) atoms. The first-order chi connectivity index (χ1) is 23.4. The van der Waals surface area contributed by atoms with Crippen molar-refractivity contribution in [2.24, 2.45) is 0 Å². The van der Waals surface area contributed by atoms with Gasteiger partial charge in [0.25, 0.3) is 0 Å². The SMILES string of the molecule is Oc1cccc(CCc2cccc(Oc3ccc(CCc4ccc(Oc5cccc(CCc6cccc(O)c6)c5)c(O)c4)cc3O)c2)c1. The van der Waals surface area contributed by atoms with Crippen LogP contribution in [0.4, 0.5) is 0 Å². The first-order valence-electron chi connectivity index (χ1n) is 16.1. The summed E-state index contributed by atoms with van der Waals surface area (Å²) >= 11 is 0. The molecule has 6 nitrogen and oxygen atoms in total. The van der Waals surface area contributed by atoms with Gasteiger partial charge in [-0.25, -0.2) is 0 Å². The van der Waals surface area contributed by atoms with Gasteiger partial charge in [0.05, 0.1) is 0 Å². The van der Waals surface area contributed by atoms with Crippen molar-refractivity contribution in [1.82, 2.24) is 0 Å². The average molecular weight is 639 g/mol. The van der Waals surface area contributed by atoms with E-state index < -0.39 is 0 Å². The Hall–Kier alpha value is -5.88. The lowest BCUT2D eigenvalue weighted by Gasteiger charge is -2.12. The Morgan fingerprint density at radius 1 is 0.333 bits per heavy atom. The Labute approximate surface area is 280 Å². The predicted octanol–water partition coefficient (Wildman–Crippen LogP) is 9.45. The van der Waals surface area contributed by atoms with Crippen molar-refractivity contribution in [3.8, 4) is 46.0 Å². The molecule has 0 amide bonds. The van der Waals surface area contributed by atoms with Crippen LogP contribution in [0.3, 0.4) is 0 Å². The van der Waals surface area contributed by atoms with Crippen LogP contribution in [0.25, 0.3) is 0 Å². The second kappa shape index (κ2) is 15.1. The van der Waals surface area contributed by atoms with Crippen LogP contribution in [-0.4, -0.2) is 20.4 Å². The molecule has 6 heteroatoms. The minimum Gasteiger partial charge on any atom is -0.508 e. The van der Waals surface area contributed by atoms with Crippen LogP contribution in [0.1, 0.15) is 33.4 Å². The van der Waals surface area contributed by atoms with Crippen LogP contribution in [0, 0.1) is 0 Å². The number of hydrogen-bond donors (Lipinski definition) is 4. The summed E-state index contributed by atoms with van der Waals surface area (Å²) in [6, 6.07) is 41.0. The highest BCUT2D eigenvalue weighted by molar-refractivity contribution is 5.47. The fourth-order valence-corrected chi connectivity index (χ4v) is 5.68. The van der Waals surface area contributed by atoms with Crippen LogP contribution < -0.4 is 9.47 Å². The summed E-state index contributed by atoms with van der Waals surface area (Å²) in [5.74, 6) is 2.71. The third kappa shape index (κ3) is 8.89. The Balaban J connectivity index is 1.01. The van der Waals surface area contributed by atoms with E-state index in [0.29, 0.717) is 35.8 Å². The summed E-state index contributed by atoms with van der Waals surface area (Å²) in [7, 11) is 0.